The maximum Gasteiger partial charge on any atom is 0.163 e. The van der Waals surface area contributed by atoms with E-state index < -0.39 is 111 Å². The Bertz CT molecular complexity index is 1500. The van der Waals surface area contributed by atoms with Crippen LogP contribution in [0.15, 0.2) is 0 Å². The topological polar surface area (TPSA) is 298 Å². The van der Waals surface area contributed by atoms with E-state index in [9.17, 15) is 60.3 Å². The van der Waals surface area contributed by atoms with Gasteiger partial charge in [0.1, 0.15) is 54.0 Å². The third kappa shape index (κ3) is 25.6. The van der Waals surface area contributed by atoms with Crippen molar-refractivity contribution >= 4 is 17.3 Å². The summed E-state index contributed by atoms with van der Waals surface area (Å²) in [7, 11) is 0. The summed E-state index contributed by atoms with van der Waals surface area (Å²) in [6, 6.07) is 0. The highest BCUT2D eigenvalue weighted by Crippen LogP contribution is 2.41. The predicted octanol–water partition coefficient (Wildman–Crippen LogP) is 5.38. The first-order chi connectivity index (χ1) is 36.9. The predicted molar refractivity (Wildman–Crippen MR) is 287 cm³/mol. The van der Waals surface area contributed by atoms with Crippen molar-refractivity contribution in [3.63, 3.8) is 0 Å². The van der Waals surface area contributed by atoms with Gasteiger partial charge < -0.3 is 79.1 Å². The molecule has 3 heterocycles. The Morgan fingerprint density at radius 2 is 0.714 bits per heavy atom. The Morgan fingerprint density at radius 3 is 1.04 bits per heavy atom. The van der Waals surface area contributed by atoms with Crippen molar-refractivity contribution < 1.29 is 93.5 Å². The molecular weight excluding hydrogens is 1000 g/mol. The van der Waals surface area contributed by atoms with Gasteiger partial charge in [0.2, 0.25) is 0 Å². The molecule has 452 valence electrons. The number of hydrogen-bond donors (Lipinski definition) is 9. The summed E-state index contributed by atoms with van der Waals surface area (Å²) >= 11 is 0. The number of hydrogen-bond acceptors (Lipinski definition) is 19. The van der Waals surface area contributed by atoms with Crippen LogP contribution in [-0.2, 0) is 47.5 Å². The molecule has 0 amide bonds. The number of unbranched alkanes of at least 4 members (excludes halogenated alkanes) is 12. The molecule has 3 rings (SSSR count). The highest BCUT2D eigenvalue weighted by atomic mass is 16.7. The molecule has 0 aromatic rings. The second-order valence-electron chi connectivity index (χ2n) is 23.2. The van der Waals surface area contributed by atoms with Crippen LogP contribution in [0.5, 0.6) is 0 Å². The van der Waals surface area contributed by atoms with Gasteiger partial charge in [0.25, 0.3) is 0 Å². The molecule has 0 bridgehead atoms. The van der Waals surface area contributed by atoms with Gasteiger partial charge >= 0.3 is 0 Å². The fraction of sp³-hybridized carbons (Fsp3) is 0.948. The number of carbonyl (C=O) groups is 3. The van der Waals surface area contributed by atoms with Gasteiger partial charge in [-0.1, -0.05) is 92.4 Å². The second kappa shape index (κ2) is 39.0. The summed E-state index contributed by atoms with van der Waals surface area (Å²) in [4.78, 5) is 39.6. The molecule has 3 aliphatic heterocycles. The molecule has 0 saturated carbocycles. The van der Waals surface area contributed by atoms with Gasteiger partial charge in [0, 0.05) is 82.7 Å². The summed E-state index contributed by atoms with van der Waals surface area (Å²) in [6.45, 7) is 10.4. The van der Waals surface area contributed by atoms with Crippen LogP contribution < -0.4 is 0 Å². The zero-order chi connectivity index (χ0) is 56.8. The smallest absolute Gasteiger partial charge is 0.163 e. The maximum atomic E-state index is 13.4. The van der Waals surface area contributed by atoms with Crippen molar-refractivity contribution in [1.82, 2.24) is 0 Å². The number of carbonyl (C=O) groups excluding carboxylic acids is 3. The highest BCUT2D eigenvalue weighted by Gasteiger charge is 2.44. The fourth-order valence-electron chi connectivity index (χ4n) is 11.0. The Morgan fingerprint density at radius 1 is 0.403 bits per heavy atom. The van der Waals surface area contributed by atoms with Gasteiger partial charge in [-0.3, -0.25) is 14.4 Å². The van der Waals surface area contributed by atoms with Crippen LogP contribution >= 0.6 is 0 Å². The van der Waals surface area contributed by atoms with Gasteiger partial charge in [-0.05, 0) is 75.5 Å². The standard InChI is InChI=1S/C58H106O19/c1-39(2)35-58(27-24-43(62)21-15-9-6-12-18-30-72-55-40(3)49(65)52(68)46(36-59)75-55,28-25-44(63)22-16-10-7-13-19-31-73-56-41(4)50(66)53(69)47(37-60)76-56)29-34-71-33-26-45(64)23-17-11-8-14-20-32-74-57-42(5)51(67)54(70)48(38-61)77-57/h39-42,46-57,59-61,65-70H,6-38H2,1-5H3/t40?,41?,42?,46?,47?,48?,49-,50-,51-,52+,53+,54+,55-,56-,57-,58?/m1/s1. The van der Waals surface area contributed by atoms with E-state index in [4.69, 9.17) is 33.2 Å². The maximum absolute atomic E-state index is 13.4. The lowest BCUT2D eigenvalue weighted by atomic mass is 9.70. The Kier molecular flexibility index (Phi) is 35.2. The monoisotopic (exact) mass is 1110 g/mol. The van der Waals surface area contributed by atoms with E-state index >= 15 is 0 Å². The van der Waals surface area contributed by atoms with Gasteiger partial charge in [-0.15, -0.1) is 0 Å². The number of rotatable bonds is 44. The zero-order valence-corrected chi connectivity index (χ0v) is 47.7. The lowest BCUT2D eigenvalue weighted by Crippen LogP contribution is -2.55. The lowest BCUT2D eigenvalue weighted by molar-refractivity contribution is -0.282. The summed E-state index contributed by atoms with van der Waals surface area (Å²) in [5.74, 6) is -0.360. The van der Waals surface area contributed by atoms with E-state index in [1.807, 2.05) is 0 Å². The molecule has 0 aromatic heterocycles. The summed E-state index contributed by atoms with van der Waals surface area (Å²) < 4.78 is 40.5. The molecule has 3 aliphatic rings. The van der Waals surface area contributed by atoms with Crippen LogP contribution in [0, 0.1) is 29.1 Å². The number of Topliss-reactive ketones (excluding diaryl/α,β-unsaturated/α-hetero) is 3. The van der Waals surface area contributed by atoms with Crippen molar-refractivity contribution in [1.29, 1.82) is 0 Å². The second-order valence-corrected chi connectivity index (χ2v) is 23.2. The van der Waals surface area contributed by atoms with Gasteiger partial charge in [-0.25, -0.2) is 0 Å². The number of aliphatic hydroxyl groups is 9. The molecule has 0 aliphatic carbocycles. The van der Waals surface area contributed by atoms with E-state index in [1.165, 1.54) is 0 Å². The van der Waals surface area contributed by atoms with Gasteiger partial charge in [-0.2, -0.15) is 0 Å². The van der Waals surface area contributed by atoms with Gasteiger partial charge in [0.15, 0.2) is 18.9 Å². The largest absolute Gasteiger partial charge is 0.394 e. The van der Waals surface area contributed by atoms with Crippen LogP contribution in [0.1, 0.15) is 195 Å². The van der Waals surface area contributed by atoms with Crippen molar-refractivity contribution in [3.8, 4) is 0 Å². The molecule has 0 spiro atoms. The van der Waals surface area contributed by atoms with Crippen LogP contribution in [0.2, 0.25) is 0 Å². The minimum absolute atomic E-state index is 0.160. The third-order valence-corrected chi connectivity index (χ3v) is 16.2. The van der Waals surface area contributed by atoms with Crippen LogP contribution in [0.4, 0.5) is 0 Å². The SMILES string of the molecule is CC(C)CC(CCOCCC(=O)CCCCCCCO[C@@H]1OC(CO)[C@H](O)[C@H](O)C1C)(CCC(=O)CCCCCCCO[C@@H]1OC(CO)[C@H](O)[C@H](O)C1C)CCC(=O)CCCCCCCO[C@@H]1OC(CO)[C@H](O)[C@H](O)C1C. The summed E-state index contributed by atoms with van der Waals surface area (Å²) in [6.07, 6.45) is 7.18. The molecule has 19 heteroatoms. The van der Waals surface area contributed by atoms with E-state index in [2.05, 4.69) is 13.8 Å². The average molecular weight is 1110 g/mol. The summed E-state index contributed by atoms with van der Waals surface area (Å²) in [5, 5.41) is 89.5. The molecule has 0 aromatic carbocycles. The van der Waals surface area contributed by atoms with E-state index in [0.717, 1.165) is 103 Å². The van der Waals surface area contributed by atoms with Gasteiger partial charge in [0.05, 0.1) is 44.7 Å². The number of ether oxygens (including phenoxy) is 7. The molecular formula is C58H106O19. The Hall–Kier alpha value is -1.63. The molecule has 6 unspecified atom stereocenters. The fourth-order valence-corrected chi connectivity index (χ4v) is 11.0. The number of ketones is 3. The highest BCUT2D eigenvalue weighted by molar-refractivity contribution is 5.79. The molecule has 3 saturated heterocycles. The van der Waals surface area contributed by atoms with Crippen LogP contribution in [-0.4, -0.2) is 190 Å². The molecule has 3 fully saturated rings. The third-order valence-electron chi connectivity index (χ3n) is 16.2. The molecule has 0 radical (unpaired) electrons. The first kappa shape index (κ1) is 69.6. The first-order valence-electron chi connectivity index (χ1n) is 29.7. The number of aliphatic hydroxyl groups excluding tert-OH is 9. The molecule has 15 atom stereocenters. The summed E-state index contributed by atoms with van der Waals surface area (Å²) in [5.41, 5.74) is -0.266. The average Bonchev–Trinajstić information content (AvgIpc) is 3.41. The minimum Gasteiger partial charge on any atom is -0.394 e. The zero-order valence-electron chi connectivity index (χ0n) is 47.7. The van der Waals surface area contributed by atoms with Crippen molar-refractivity contribution in [2.45, 2.75) is 269 Å². The Balaban J connectivity index is 1.39. The van der Waals surface area contributed by atoms with E-state index in [-0.39, 0.29) is 22.8 Å². The molecule has 77 heavy (non-hydrogen) atoms. The normalized spacial score (nSPS) is 30.7. The van der Waals surface area contributed by atoms with Crippen LogP contribution in [0.25, 0.3) is 0 Å². The van der Waals surface area contributed by atoms with E-state index in [0.29, 0.717) is 96.7 Å². The van der Waals surface area contributed by atoms with Crippen molar-refractivity contribution in [2.75, 3.05) is 52.9 Å². The molecule has 9 N–H and O–H groups in total. The van der Waals surface area contributed by atoms with Crippen molar-refractivity contribution in [3.05, 3.63) is 0 Å². The minimum atomic E-state index is -1.16. The molecule has 19 nitrogen and oxygen atoms in total. The Labute approximate surface area is 460 Å². The lowest BCUT2D eigenvalue weighted by Gasteiger charge is -2.40. The van der Waals surface area contributed by atoms with Crippen LogP contribution in [0.3, 0.4) is 0 Å². The van der Waals surface area contributed by atoms with Crippen molar-refractivity contribution in [2.24, 2.45) is 29.1 Å². The van der Waals surface area contributed by atoms with E-state index in [1.54, 1.807) is 20.8 Å². The quantitative estimate of drug-likeness (QED) is 0.0346. The first-order valence-corrected chi connectivity index (χ1v) is 29.7.